The van der Waals surface area contributed by atoms with E-state index in [0.29, 0.717) is 12.0 Å². The molecule has 2 rings (SSSR count). The monoisotopic (exact) mass is 215 g/mol. The minimum absolute atomic E-state index is 0.303. The van der Waals surface area contributed by atoms with E-state index in [1.165, 1.54) is 0 Å². The van der Waals surface area contributed by atoms with Crippen LogP contribution in [0.4, 0.5) is 0 Å². The van der Waals surface area contributed by atoms with Gasteiger partial charge in [-0.2, -0.15) is 0 Å². The largest absolute Gasteiger partial charge is 0.478 e. The van der Waals surface area contributed by atoms with Crippen LogP contribution in [0, 0.1) is 0 Å². The van der Waals surface area contributed by atoms with E-state index < -0.39 is 11.5 Å². The van der Waals surface area contributed by atoms with Gasteiger partial charge >= 0.3 is 5.97 Å². The molecule has 3 nitrogen and oxygen atoms in total. The molecule has 0 bridgehead atoms. The Morgan fingerprint density at radius 1 is 1.31 bits per heavy atom. The molecular formula is C13H13NO2. The van der Waals surface area contributed by atoms with E-state index in [1.54, 1.807) is 18.2 Å². The first-order valence-corrected chi connectivity index (χ1v) is 5.09. The molecule has 0 heterocycles. The zero-order valence-corrected chi connectivity index (χ0v) is 8.76. The quantitative estimate of drug-likeness (QED) is 0.790. The molecule has 0 radical (unpaired) electrons. The van der Waals surface area contributed by atoms with Crippen molar-refractivity contribution in [2.75, 3.05) is 0 Å². The van der Waals surface area contributed by atoms with Gasteiger partial charge in [0.15, 0.2) is 0 Å². The van der Waals surface area contributed by atoms with Gasteiger partial charge in [-0.15, -0.1) is 0 Å². The van der Waals surface area contributed by atoms with Gasteiger partial charge in [-0.1, -0.05) is 42.5 Å². The summed E-state index contributed by atoms with van der Waals surface area (Å²) in [4.78, 5) is 10.7. The summed E-state index contributed by atoms with van der Waals surface area (Å²) in [7, 11) is 0. The van der Waals surface area contributed by atoms with E-state index in [2.05, 4.69) is 0 Å². The van der Waals surface area contributed by atoms with Crippen molar-refractivity contribution in [3.05, 3.63) is 59.7 Å². The first-order valence-electron chi connectivity index (χ1n) is 5.09. The predicted molar refractivity (Wildman–Crippen MR) is 61.8 cm³/mol. The number of nitrogens with two attached hydrogens (primary N) is 1. The van der Waals surface area contributed by atoms with Crippen LogP contribution < -0.4 is 5.73 Å². The first kappa shape index (κ1) is 10.6. The van der Waals surface area contributed by atoms with Crippen molar-refractivity contribution < 1.29 is 9.90 Å². The van der Waals surface area contributed by atoms with Crippen LogP contribution in [-0.2, 0) is 10.3 Å². The van der Waals surface area contributed by atoms with Gasteiger partial charge in [0.25, 0.3) is 0 Å². The number of carboxylic acids is 1. The summed E-state index contributed by atoms with van der Waals surface area (Å²) >= 11 is 0. The smallest absolute Gasteiger partial charge is 0.335 e. The molecule has 3 heteroatoms. The normalized spacial score (nSPS) is 23.9. The van der Waals surface area contributed by atoms with E-state index in [9.17, 15) is 4.79 Å². The number of rotatable bonds is 2. The number of benzene rings is 1. The lowest BCUT2D eigenvalue weighted by Gasteiger charge is -2.27. The zero-order chi connectivity index (χ0) is 11.6. The van der Waals surface area contributed by atoms with Gasteiger partial charge in [-0.3, -0.25) is 0 Å². The molecule has 1 atom stereocenters. The molecular weight excluding hydrogens is 202 g/mol. The van der Waals surface area contributed by atoms with Crippen LogP contribution in [-0.4, -0.2) is 11.1 Å². The maximum absolute atomic E-state index is 10.7. The molecule has 0 aromatic heterocycles. The maximum Gasteiger partial charge on any atom is 0.335 e. The Hall–Kier alpha value is -1.87. The Balaban J connectivity index is 2.27. The van der Waals surface area contributed by atoms with Gasteiger partial charge in [0.05, 0.1) is 11.1 Å². The Labute approximate surface area is 93.9 Å². The lowest BCUT2D eigenvalue weighted by Crippen LogP contribution is -2.35. The fourth-order valence-corrected chi connectivity index (χ4v) is 1.77. The van der Waals surface area contributed by atoms with E-state index >= 15 is 0 Å². The highest BCUT2D eigenvalue weighted by Crippen LogP contribution is 2.28. The van der Waals surface area contributed by atoms with Crippen molar-refractivity contribution in [2.45, 2.75) is 12.0 Å². The Morgan fingerprint density at radius 3 is 2.50 bits per heavy atom. The van der Waals surface area contributed by atoms with Crippen molar-refractivity contribution >= 4 is 5.97 Å². The standard InChI is InChI=1S/C13H13NO2/c14-13(11-4-2-1-3-5-11)8-6-10(7-9-13)12(15)16/h1-8H,9,14H2,(H,15,16). The maximum atomic E-state index is 10.7. The third kappa shape index (κ3) is 1.90. The van der Waals surface area contributed by atoms with Crippen molar-refractivity contribution in [3.8, 4) is 0 Å². The summed E-state index contributed by atoms with van der Waals surface area (Å²) < 4.78 is 0. The number of hydrogen-bond acceptors (Lipinski definition) is 2. The van der Waals surface area contributed by atoms with Crippen molar-refractivity contribution in [3.63, 3.8) is 0 Å². The second-order valence-corrected chi connectivity index (χ2v) is 3.91. The molecule has 82 valence electrons. The van der Waals surface area contributed by atoms with Crippen LogP contribution >= 0.6 is 0 Å². The van der Waals surface area contributed by atoms with Crippen LogP contribution in [0.25, 0.3) is 0 Å². The number of aliphatic carboxylic acids is 1. The van der Waals surface area contributed by atoms with E-state index in [-0.39, 0.29) is 0 Å². The summed E-state index contributed by atoms with van der Waals surface area (Å²) in [6.07, 6.45) is 5.50. The van der Waals surface area contributed by atoms with Gasteiger partial charge in [0.1, 0.15) is 0 Å². The number of carboxylic acid groups (broad SMARTS) is 1. The third-order valence-electron chi connectivity index (χ3n) is 2.78. The van der Waals surface area contributed by atoms with E-state index in [0.717, 1.165) is 5.56 Å². The Bertz CT molecular complexity index is 462. The van der Waals surface area contributed by atoms with Crippen molar-refractivity contribution in [1.82, 2.24) is 0 Å². The van der Waals surface area contributed by atoms with Crippen molar-refractivity contribution in [1.29, 1.82) is 0 Å². The lowest BCUT2D eigenvalue weighted by atomic mass is 9.83. The van der Waals surface area contributed by atoms with E-state index in [1.807, 2.05) is 30.3 Å². The molecule has 0 saturated carbocycles. The molecule has 1 aromatic carbocycles. The van der Waals surface area contributed by atoms with Crippen LogP contribution in [0.5, 0.6) is 0 Å². The Kier molecular flexibility index (Phi) is 2.62. The average Bonchev–Trinajstić information content (AvgIpc) is 2.31. The molecule has 1 aliphatic rings. The van der Waals surface area contributed by atoms with Gasteiger partial charge in [-0.05, 0) is 18.1 Å². The number of carbonyl (C=O) groups is 1. The second-order valence-electron chi connectivity index (χ2n) is 3.91. The average molecular weight is 215 g/mol. The third-order valence-corrected chi connectivity index (χ3v) is 2.78. The summed E-state index contributed by atoms with van der Waals surface area (Å²) in [6, 6.07) is 9.67. The molecule has 1 aromatic rings. The molecule has 0 aliphatic heterocycles. The lowest BCUT2D eigenvalue weighted by molar-refractivity contribution is -0.132. The van der Waals surface area contributed by atoms with Crippen LogP contribution in [0.2, 0.25) is 0 Å². The zero-order valence-electron chi connectivity index (χ0n) is 8.76. The van der Waals surface area contributed by atoms with Gasteiger partial charge in [0, 0.05) is 0 Å². The van der Waals surface area contributed by atoms with Gasteiger partial charge < -0.3 is 10.8 Å². The number of hydrogen-bond donors (Lipinski definition) is 2. The molecule has 16 heavy (non-hydrogen) atoms. The molecule has 0 spiro atoms. The minimum Gasteiger partial charge on any atom is -0.478 e. The molecule has 0 saturated heterocycles. The van der Waals surface area contributed by atoms with Gasteiger partial charge in [-0.25, -0.2) is 4.79 Å². The highest BCUT2D eigenvalue weighted by atomic mass is 16.4. The van der Waals surface area contributed by atoms with Crippen LogP contribution in [0.3, 0.4) is 0 Å². The van der Waals surface area contributed by atoms with Crippen LogP contribution in [0.15, 0.2) is 54.1 Å². The topological polar surface area (TPSA) is 63.3 Å². The highest BCUT2D eigenvalue weighted by molar-refractivity contribution is 5.90. The van der Waals surface area contributed by atoms with Crippen LogP contribution in [0.1, 0.15) is 12.0 Å². The van der Waals surface area contributed by atoms with Gasteiger partial charge in [0.2, 0.25) is 0 Å². The predicted octanol–water partition coefficient (Wildman–Crippen LogP) is 1.81. The fourth-order valence-electron chi connectivity index (χ4n) is 1.77. The molecule has 1 unspecified atom stereocenters. The highest BCUT2D eigenvalue weighted by Gasteiger charge is 2.26. The molecule has 1 aliphatic carbocycles. The van der Waals surface area contributed by atoms with Crippen molar-refractivity contribution in [2.24, 2.45) is 5.73 Å². The molecule has 0 amide bonds. The molecule has 0 fully saturated rings. The first-order chi connectivity index (χ1) is 7.62. The molecule has 3 N–H and O–H groups in total. The summed E-state index contributed by atoms with van der Waals surface area (Å²) in [5.41, 5.74) is 6.93. The summed E-state index contributed by atoms with van der Waals surface area (Å²) in [5.74, 6) is -0.911. The second kappa shape index (κ2) is 3.94. The minimum atomic E-state index is -0.911. The summed E-state index contributed by atoms with van der Waals surface area (Å²) in [5, 5.41) is 8.82. The summed E-state index contributed by atoms with van der Waals surface area (Å²) in [6.45, 7) is 0. The SMILES string of the molecule is NC1(c2ccccc2)C=CC(C(=O)O)=CC1. The Morgan fingerprint density at radius 2 is 2.00 bits per heavy atom. The van der Waals surface area contributed by atoms with E-state index in [4.69, 9.17) is 10.8 Å². The fraction of sp³-hybridized carbons (Fsp3) is 0.154.